The second-order valence-electron chi connectivity index (χ2n) is 5.45. The molecule has 0 atom stereocenters. The Morgan fingerprint density at radius 2 is 1.81 bits per heavy atom. The normalized spacial score (nSPS) is 11.0. The van der Waals surface area contributed by atoms with Gasteiger partial charge in [-0.3, -0.25) is 9.59 Å². The number of carbonyl (C=O) groups excluding carboxylic acids is 2. The maximum atomic E-state index is 12.8. The number of amides is 1. The first-order chi connectivity index (χ1) is 12.6. The number of rotatable bonds is 6. The molecule has 0 aliphatic rings. The van der Waals surface area contributed by atoms with E-state index in [9.17, 15) is 22.8 Å². The van der Waals surface area contributed by atoms with E-state index < -0.39 is 29.3 Å². The van der Waals surface area contributed by atoms with E-state index in [4.69, 9.17) is 21.1 Å². The SMILES string of the molecule is COc1cc(C(C)=O)ccc1OCC(=O)Nc1ccc(Cl)c(C(F)(F)F)c1. The minimum Gasteiger partial charge on any atom is -0.493 e. The standard InChI is InChI=1S/C18H15ClF3NO4/c1-10(24)11-3-6-15(16(7-11)26-2)27-9-17(25)23-12-4-5-14(19)13(8-12)18(20,21)22/h3-8H,9H2,1-2H3,(H,23,25). The number of ketones is 1. The number of anilines is 1. The topological polar surface area (TPSA) is 64.6 Å². The van der Waals surface area contributed by atoms with Gasteiger partial charge in [-0.25, -0.2) is 0 Å². The van der Waals surface area contributed by atoms with Crippen LogP contribution in [0.1, 0.15) is 22.8 Å². The van der Waals surface area contributed by atoms with E-state index in [2.05, 4.69) is 5.32 Å². The highest BCUT2D eigenvalue weighted by molar-refractivity contribution is 6.31. The quantitative estimate of drug-likeness (QED) is 0.719. The van der Waals surface area contributed by atoms with Crippen LogP contribution in [0.25, 0.3) is 0 Å². The van der Waals surface area contributed by atoms with Crippen LogP contribution in [0, 0.1) is 0 Å². The summed E-state index contributed by atoms with van der Waals surface area (Å²) in [6, 6.07) is 7.47. The van der Waals surface area contributed by atoms with Crippen molar-refractivity contribution in [1.29, 1.82) is 0 Å². The van der Waals surface area contributed by atoms with Crippen LogP contribution in [-0.2, 0) is 11.0 Å². The first-order valence-electron chi connectivity index (χ1n) is 7.60. The first-order valence-corrected chi connectivity index (χ1v) is 7.98. The van der Waals surface area contributed by atoms with E-state index in [0.717, 1.165) is 12.1 Å². The molecule has 1 N–H and O–H groups in total. The average Bonchev–Trinajstić information content (AvgIpc) is 2.60. The van der Waals surface area contributed by atoms with Gasteiger partial charge in [-0.2, -0.15) is 13.2 Å². The molecule has 0 aliphatic carbocycles. The van der Waals surface area contributed by atoms with E-state index >= 15 is 0 Å². The number of ether oxygens (including phenoxy) is 2. The summed E-state index contributed by atoms with van der Waals surface area (Å²) in [4.78, 5) is 23.3. The fraction of sp³-hybridized carbons (Fsp3) is 0.222. The smallest absolute Gasteiger partial charge is 0.417 e. The third-order valence-electron chi connectivity index (χ3n) is 3.48. The third kappa shape index (κ3) is 5.37. The highest BCUT2D eigenvalue weighted by Gasteiger charge is 2.33. The zero-order valence-corrected chi connectivity index (χ0v) is 15.1. The molecule has 2 rings (SSSR count). The summed E-state index contributed by atoms with van der Waals surface area (Å²) < 4.78 is 49.0. The molecule has 9 heteroatoms. The van der Waals surface area contributed by atoms with Crippen LogP contribution in [0.5, 0.6) is 11.5 Å². The fourth-order valence-electron chi connectivity index (χ4n) is 2.17. The second kappa shape index (κ2) is 8.30. The molecule has 0 heterocycles. The number of methoxy groups -OCH3 is 1. The lowest BCUT2D eigenvalue weighted by atomic mass is 10.1. The van der Waals surface area contributed by atoms with Crippen molar-refractivity contribution in [2.45, 2.75) is 13.1 Å². The highest BCUT2D eigenvalue weighted by Crippen LogP contribution is 2.36. The third-order valence-corrected chi connectivity index (χ3v) is 3.81. The molecule has 0 bridgehead atoms. The second-order valence-corrected chi connectivity index (χ2v) is 5.86. The van der Waals surface area contributed by atoms with Crippen molar-refractivity contribution in [2.24, 2.45) is 0 Å². The molecule has 144 valence electrons. The molecular weight excluding hydrogens is 387 g/mol. The zero-order chi connectivity index (χ0) is 20.2. The molecule has 0 unspecified atom stereocenters. The van der Waals surface area contributed by atoms with Gasteiger partial charge in [-0.1, -0.05) is 11.6 Å². The Balaban J connectivity index is 2.06. The van der Waals surface area contributed by atoms with Crippen LogP contribution in [-0.4, -0.2) is 25.4 Å². The van der Waals surface area contributed by atoms with Crippen molar-refractivity contribution in [3.8, 4) is 11.5 Å². The van der Waals surface area contributed by atoms with Crippen molar-refractivity contribution in [3.63, 3.8) is 0 Å². The van der Waals surface area contributed by atoms with Gasteiger partial charge in [0, 0.05) is 11.3 Å². The molecule has 0 aromatic heterocycles. The molecule has 0 radical (unpaired) electrons. The van der Waals surface area contributed by atoms with Crippen LogP contribution < -0.4 is 14.8 Å². The van der Waals surface area contributed by atoms with Gasteiger partial charge in [-0.15, -0.1) is 0 Å². The fourth-order valence-corrected chi connectivity index (χ4v) is 2.39. The van der Waals surface area contributed by atoms with Crippen LogP contribution in [0.15, 0.2) is 36.4 Å². The Morgan fingerprint density at radius 3 is 2.41 bits per heavy atom. The molecule has 0 fully saturated rings. The van der Waals surface area contributed by atoms with Gasteiger partial charge >= 0.3 is 6.18 Å². The van der Waals surface area contributed by atoms with E-state index in [1.165, 1.54) is 38.3 Å². The maximum absolute atomic E-state index is 12.8. The minimum atomic E-state index is -4.64. The Kier molecular flexibility index (Phi) is 6.32. The molecular formula is C18H15ClF3NO4. The predicted molar refractivity (Wildman–Crippen MR) is 93.6 cm³/mol. The van der Waals surface area contributed by atoms with Crippen molar-refractivity contribution in [2.75, 3.05) is 19.0 Å². The summed E-state index contributed by atoms with van der Waals surface area (Å²) in [5.74, 6) is -0.380. The maximum Gasteiger partial charge on any atom is 0.417 e. The molecule has 0 aliphatic heterocycles. The lowest BCUT2D eigenvalue weighted by molar-refractivity contribution is -0.137. The van der Waals surface area contributed by atoms with Crippen molar-refractivity contribution >= 4 is 29.0 Å². The molecule has 27 heavy (non-hydrogen) atoms. The molecule has 2 aromatic carbocycles. The summed E-state index contributed by atoms with van der Waals surface area (Å²) in [5.41, 5.74) is -0.715. The van der Waals surface area contributed by atoms with Gasteiger partial charge in [0.1, 0.15) is 0 Å². The zero-order valence-electron chi connectivity index (χ0n) is 14.3. The predicted octanol–water partition coefficient (Wildman–Crippen LogP) is 4.59. The van der Waals surface area contributed by atoms with Crippen LogP contribution in [0.2, 0.25) is 5.02 Å². The van der Waals surface area contributed by atoms with Gasteiger partial charge in [0.15, 0.2) is 23.9 Å². The molecule has 1 amide bonds. The largest absolute Gasteiger partial charge is 0.493 e. The number of benzene rings is 2. The number of carbonyl (C=O) groups is 2. The number of nitrogens with one attached hydrogen (secondary N) is 1. The lowest BCUT2D eigenvalue weighted by Gasteiger charge is -2.13. The summed E-state index contributed by atoms with van der Waals surface area (Å²) in [6.45, 7) is 0.920. The van der Waals surface area contributed by atoms with Crippen LogP contribution in [0.3, 0.4) is 0 Å². The number of hydrogen-bond donors (Lipinski definition) is 1. The van der Waals surface area contributed by atoms with Gasteiger partial charge in [0.25, 0.3) is 5.91 Å². The van der Waals surface area contributed by atoms with Gasteiger partial charge in [0.05, 0.1) is 17.7 Å². The Bertz CT molecular complexity index is 868. The van der Waals surface area contributed by atoms with E-state index in [1.54, 1.807) is 0 Å². The lowest BCUT2D eigenvalue weighted by Crippen LogP contribution is -2.20. The highest BCUT2D eigenvalue weighted by atomic mass is 35.5. The Labute approximate surface area is 158 Å². The monoisotopic (exact) mass is 401 g/mol. The summed E-state index contributed by atoms with van der Waals surface area (Å²) in [5, 5.41) is 1.84. The summed E-state index contributed by atoms with van der Waals surface area (Å²) in [6.07, 6.45) is -4.64. The van der Waals surface area contributed by atoms with Crippen molar-refractivity contribution < 1.29 is 32.2 Å². The van der Waals surface area contributed by atoms with Crippen molar-refractivity contribution in [1.82, 2.24) is 0 Å². The van der Waals surface area contributed by atoms with Gasteiger partial charge in [0.2, 0.25) is 0 Å². The number of hydrogen-bond acceptors (Lipinski definition) is 4. The summed E-state index contributed by atoms with van der Waals surface area (Å²) in [7, 11) is 1.37. The van der Waals surface area contributed by atoms with Gasteiger partial charge < -0.3 is 14.8 Å². The minimum absolute atomic E-state index is 0.0702. The number of alkyl halides is 3. The Hall–Kier alpha value is -2.74. The number of Topliss-reactive ketones (excluding diaryl/α,β-unsaturated/α-hetero) is 1. The Morgan fingerprint density at radius 1 is 1.11 bits per heavy atom. The molecule has 5 nitrogen and oxygen atoms in total. The number of halogens is 4. The van der Waals surface area contributed by atoms with Crippen LogP contribution >= 0.6 is 11.6 Å². The molecule has 2 aromatic rings. The van der Waals surface area contributed by atoms with E-state index in [0.29, 0.717) is 5.56 Å². The molecule has 0 saturated heterocycles. The van der Waals surface area contributed by atoms with Crippen LogP contribution in [0.4, 0.5) is 18.9 Å². The van der Waals surface area contributed by atoms with Crippen molar-refractivity contribution in [3.05, 3.63) is 52.5 Å². The average molecular weight is 402 g/mol. The van der Waals surface area contributed by atoms with E-state index in [-0.39, 0.29) is 23.0 Å². The summed E-state index contributed by atoms with van der Waals surface area (Å²) >= 11 is 5.53. The molecule has 0 spiro atoms. The van der Waals surface area contributed by atoms with E-state index in [1.807, 2.05) is 0 Å². The van der Waals surface area contributed by atoms with Gasteiger partial charge in [-0.05, 0) is 43.3 Å². The molecule has 0 saturated carbocycles. The first kappa shape index (κ1) is 20.6.